The van der Waals surface area contributed by atoms with Crippen molar-refractivity contribution in [2.24, 2.45) is 4.99 Å². The van der Waals surface area contributed by atoms with Crippen LogP contribution in [0.4, 0.5) is 0 Å². The monoisotopic (exact) mass is 416 g/mol. The van der Waals surface area contributed by atoms with Gasteiger partial charge in [0.2, 0.25) is 0 Å². The molecule has 0 bridgehead atoms. The Morgan fingerprint density at radius 2 is 1.63 bits per heavy atom. The summed E-state index contributed by atoms with van der Waals surface area (Å²) < 4.78 is 2.55. The average molecular weight is 417 g/mol. The highest BCUT2D eigenvalue weighted by atomic mass is 32.1. The van der Waals surface area contributed by atoms with Crippen molar-refractivity contribution in [3.05, 3.63) is 100 Å². The van der Waals surface area contributed by atoms with E-state index in [2.05, 4.69) is 4.99 Å². The number of nitrogens with zero attached hydrogens (tertiary/aromatic N) is 2. The molecule has 0 saturated carbocycles. The van der Waals surface area contributed by atoms with Gasteiger partial charge in [0.05, 0.1) is 10.2 Å². The van der Waals surface area contributed by atoms with Crippen molar-refractivity contribution < 1.29 is 14.7 Å². The third kappa shape index (κ3) is 4.09. The zero-order valence-electron chi connectivity index (χ0n) is 16.4. The molecule has 1 amide bonds. The number of para-hydroxylation sites is 1. The van der Waals surface area contributed by atoms with Crippen LogP contribution in [0.15, 0.2) is 83.9 Å². The second-order valence-corrected chi connectivity index (χ2v) is 8.06. The van der Waals surface area contributed by atoms with Crippen LogP contribution in [0.25, 0.3) is 10.2 Å². The van der Waals surface area contributed by atoms with Crippen molar-refractivity contribution >= 4 is 33.4 Å². The molecule has 0 fully saturated rings. The Morgan fingerprint density at radius 1 is 0.967 bits per heavy atom. The second-order valence-electron chi connectivity index (χ2n) is 7.05. The maximum Gasteiger partial charge on any atom is 0.327 e. The number of aliphatic carboxylic acids is 1. The topological polar surface area (TPSA) is 71.7 Å². The smallest absolute Gasteiger partial charge is 0.327 e. The molecule has 3 aromatic carbocycles. The van der Waals surface area contributed by atoms with Gasteiger partial charge in [-0.2, -0.15) is 4.99 Å². The Labute approximate surface area is 177 Å². The highest BCUT2D eigenvalue weighted by Gasteiger charge is 2.24. The fourth-order valence-electron chi connectivity index (χ4n) is 3.34. The Morgan fingerprint density at radius 3 is 2.33 bits per heavy atom. The summed E-state index contributed by atoms with van der Waals surface area (Å²) in [5.74, 6) is -1.36. The van der Waals surface area contributed by atoms with Crippen LogP contribution < -0.4 is 4.80 Å². The van der Waals surface area contributed by atoms with E-state index in [0.717, 1.165) is 21.3 Å². The Hall–Kier alpha value is -3.51. The highest BCUT2D eigenvalue weighted by Crippen LogP contribution is 2.23. The number of hydrogen-bond acceptors (Lipinski definition) is 3. The number of carboxylic acid groups (broad SMARTS) is 1. The molecule has 1 unspecified atom stereocenters. The molecule has 0 aliphatic heterocycles. The molecule has 0 spiro atoms. The largest absolute Gasteiger partial charge is 0.480 e. The van der Waals surface area contributed by atoms with Crippen LogP contribution in [0.5, 0.6) is 0 Å². The molecule has 1 atom stereocenters. The molecule has 0 radical (unpaired) electrons. The van der Waals surface area contributed by atoms with Crippen molar-refractivity contribution in [1.29, 1.82) is 0 Å². The standard InChI is InChI=1S/C24H20N2O3S/c1-16-11-13-18(14-12-16)22(27)25-24-26(19-9-5-6-10-21(19)30-24)20(23(28)29)15-17-7-3-2-4-8-17/h2-14,20H,15H2,1H3,(H,28,29). The van der Waals surface area contributed by atoms with E-state index in [1.807, 2.05) is 73.7 Å². The first kappa shape index (κ1) is 19.8. The Balaban J connectivity index is 1.86. The van der Waals surface area contributed by atoms with E-state index in [-0.39, 0.29) is 5.91 Å². The van der Waals surface area contributed by atoms with Crippen LogP contribution in [0.2, 0.25) is 0 Å². The summed E-state index contributed by atoms with van der Waals surface area (Å²) in [5.41, 5.74) is 3.18. The first-order valence-corrected chi connectivity index (χ1v) is 10.4. The number of fused-ring (bicyclic) bond motifs is 1. The molecule has 4 aromatic rings. The Kier molecular flexibility index (Phi) is 5.59. The summed E-state index contributed by atoms with van der Waals surface area (Å²) in [7, 11) is 0. The minimum Gasteiger partial charge on any atom is -0.480 e. The number of hydrogen-bond donors (Lipinski definition) is 1. The van der Waals surface area contributed by atoms with E-state index in [9.17, 15) is 14.7 Å². The van der Waals surface area contributed by atoms with Gasteiger partial charge in [0, 0.05) is 12.0 Å². The lowest BCUT2D eigenvalue weighted by Crippen LogP contribution is -2.29. The predicted octanol–water partition coefficient (Wildman–Crippen LogP) is 4.62. The maximum absolute atomic E-state index is 12.8. The zero-order chi connectivity index (χ0) is 21.1. The van der Waals surface area contributed by atoms with Gasteiger partial charge in [-0.05, 0) is 36.8 Å². The lowest BCUT2D eigenvalue weighted by molar-refractivity contribution is -0.140. The van der Waals surface area contributed by atoms with Gasteiger partial charge in [-0.15, -0.1) is 0 Å². The summed E-state index contributed by atoms with van der Waals surface area (Å²) in [6.07, 6.45) is 0.294. The number of aromatic nitrogens is 1. The fraction of sp³-hybridized carbons (Fsp3) is 0.125. The van der Waals surface area contributed by atoms with E-state index in [0.29, 0.717) is 16.8 Å². The van der Waals surface area contributed by atoms with Gasteiger partial charge in [0.1, 0.15) is 6.04 Å². The third-order valence-corrected chi connectivity index (χ3v) is 5.93. The minimum absolute atomic E-state index is 0.294. The average Bonchev–Trinajstić information content (AvgIpc) is 3.10. The second kappa shape index (κ2) is 8.47. The number of carbonyl (C=O) groups excluding carboxylic acids is 1. The van der Waals surface area contributed by atoms with Crippen LogP contribution in [-0.4, -0.2) is 21.6 Å². The molecule has 0 aliphatic carbocycles. The first-order valence-electron chi connectivity index (χ1n) is 9.55. The molecule has 4 rings (SSSR count). The first-order chi connectivity index (χ1) is 14.5. The lowest BCUT2D eigenvalue weighted by Gasteiger charge is -2.16. The summed E-state index contributed by atoms with van der Waals surface area (Å²) >= 11 is 1.32. The summed E-state index contributed by atoms with van der Waals surface area (Å²) in [6, 6.07) is 23.3. The number of carbonyl (C=O) groups is 2. The number of amides is 1. The van der Waals surface area contributed by atoms with Gasteiger partial charge >= 0.3 is 5.97 Å². The van der Waals surface area contributed by atoms with Gasteiger partial charge in [-0.1, -0.05) is 71.5 Å². The van der Waals surface area contributed by atoms with Gasteiger partial charge in [0.15, 0.2) is 4.80 Å². The van der Waals surface area contributed by atoms with Crippen molar-refractivity contribution in [1.82, 2.24) is 4.57 Å². The predicted molar refractivity (Wildman–Crippen MR) is 118 cm³/mol. The van der Waals surface area contributed by atoms with Crippen LogP contribution >= 0.6 is 11.3 Å². The molecule has 1 N–H and O–H groups in total. The van der Waals surface area contributed by atoms with Gasteiger partial charge in [-0.3, -0.25) is 4.79 Å². The Bertz CT molecular complexity index is 1270. The van der Waals surface area contributed by atoms with E-state index in [4.69, 9.17) is 0 Å². The molecule has 30 heavy (non-hydrogen) atoms. The van der Waals surface area contributed by atoms with Crippen molar-refractivity contribution in [2.75, 3.05) is 0 Å². The lowest BCUT2D eigenvalue weighted by atomic mass is 10.1. The molecule has 0 saturated heterocycles. The SMILES string of the molecule is Cc1ccc(C(=O)N=c2sc3ccccc3n2C(Cc2ccccc2)C(=O)O)cc1. The number of thiazole rings is 1. The normalized spacial score (nSPS) is 12.8. The summed E-state index contributed by atoms with van der Waals surface area (Å²) in [5, 5.41) is 10.0. The van der Waals surface area contributed by atoms with E-state index >= 15 is 0 Å². The number of rotatable bonds is 5. The molecule has 6 heteroatoms. The molecule has 0 aliphatic rings. The summed E-state index contributed by atoms with van der Waals surface area (Å²) in [6.45, 7) is 1.95. The zero-order valence-corrected chi connectivity index (χ0v) is 17.2. The number of aryl methyl sites for hydroxylation is 1. The van der Waals surface area contributed by atoms with E-state index < -0.39 is 12.0 Å². The van der Waals surface area contributed by atoms with E-state index in [1.54, 1.807) is 16.7 Å². The summed E-state index contributed by atoms with van der Waals surface area (Å²) in [4.78, 5) is 29.7. The molecule has 150 valence electrons. The minimum atomic E-state index is -0.966. The van der Waals surface area contributed by atoms with Crippen molar-refractivity contribution in [3.63, 3.8) is 0 Å². The molecule has 5 nitrogen and oxygen atoms in total. The fourth-order valence-corrected chi connectivity index (χ4v) is 4.41. The maximum atomic E-state index is 12.8. The molecular weight excluding hydrogens is 396 g/mol. The van der Waals surface area contributed by atoms with E-state index in [1.165, 1.54) is 11.3 Å². The van der Waals surface area contributed by atoms with Crippen LogP contribution in [-0.2, 0) is 11.2 Å². The van der Waals surface area contributed by atoms with Crippen LogP contribution in [0.1, 0.15) is 27.5 Å². The van der Waals surface area contributed by atoms with Crippen molar-refractivity contribution in [3.8, 4) is 0 Å². The van der Waals surface area contributed by atoms with Gasteiger partial charge in [-0.25, -0.2) is 4.79 Å². The highest BCUT2D eigenvalue weighted by molar-refractivity contribution is 7.16. The van der Waals surface area contributed by atoms with Crippen LogP contribution in [0.3, 0.4) is 0 Å². The van der Waals surface area contributed by atoms with Crippen LogP contribution in [0, 0.1) is 6.92 Å². The molecule has 1 heterocycles. The number of benzene rings is 3. The molecule has 1 aromatic heterocycles. The van der Waals surface area contributed by atoms with Gasteiger partial charge in [0.25, 0.3) is 5.91 Å². The van der Waals surface area contributed by atoms with Crippen molar-refractivity contribution in [2.45, 2.75) is 19.4 Å². The number of carboxylic acids is 1. The quantitative estimate of drug-likeness (QED) is 0.516. The van der Waals surface area contributed by atoms with Gasteiger partial charge < -0.3 is 9.67 Å². The third-order valence-electron chi connectivity index (χ3n) is 4.90. The molecular formula is C24H20N2O3S.